The number of aromatic amines is 1. The number of H-pyrrole nitrogens is 1. The summed E-state index contributed by atoms with van der Waals surface area (Å²) in [5.41, 5.74) is 4.77. The number of amides is 1. The molecular formula is C24H31N7O3S. The third-order valence-electron chi connectivity index (χ3n) is 6.50. The summed E-state index contributed by atoms with van der Waals surface area (Å²) in [4.78, 5) is 23.5. The van der Waals surface area contributed by atoms with Crippen molar-refractivity contribution in [2.45, 2.75) is 32.0 Å². The SMILES string of the molecule is CN1C(c2cccc3[nH]ncc23)=Nc2cc(CNCCCCC(=O)NO)sc2C1N1CCOCC1. The lowest BCUT2D eigenvalue weighted by Crippen LogP contribution is -2.48. The molecule has 2 aliphatic rings. The van der Waals surface area contributed by atoms with Gasteiger partial charge in [-0.05, 0) is 31.5 Å². The first-order valence-electron chi connectivity index (χ1n) is 12.0. The zero-order valence-corrected chi connectivity index (χ0v) is 20.6. The molecule has 1 atom stereocenters. The minimum atomic E-state index is -0.339. The predicted octanol–water partition coefficient (Wildman–Crippen LogP) is 2.74. The van der Waals surface area contributed by atoms with Gasteiger partial charge >= 0.3 is 0 Å². The van der Waals surface area contributed by atoms with E-state index in [-0.39, 0.29) is 12.1 Å². The average Bonchev–Trinajstić information content (AvgIpc) is 3.53. The molecule has 4 heterocycles. The van der Waals surface area contributed by atoms with Crippen molar-refractivity contribution in [1.82, 2.24) is 30.8 Å². The van der Waals surface area contributed by atoms with Crippen LogP contribution in [-0.2, 0) is 16.1 Å². The summed E-state index contributed by atoms with van der Waals surface area (Å²) in [6.45, 7) is 4.79. The summed E-state index contributed by atoms with van der Waals surface area (Å²) < 4.78 is 5.64. The second-order valence-electron chi connectivity index (χ2n) is 8.84. The summed E-state index contributed by atoms with van der Waals surface area (Å²) in [5.74, 6) is 0.606. The second kappa shape index (κ2) is 10.8. The molecular weight excluding hydrogens is 466 g/mol. The lowest BCUT2D eigenvalue weighted by molar-refractivity contribution is -0.129. The average molecular weight is 498 g/mol. The van der Waals surface area contributed by atoms with Crippen molar-refractivity contribution in [3.05, 3.63) is 45.8 Å². The number of nitrogens with zero attached hydrogens (tertiary/aromatic N) is 4. The van der Waals surface area contributed by atoms with E-state index in [1.54, 1.807) is 16.8 Å². The Morgan fingerprint density at radius 1 is 1.31 bits per heavy atom. The Morgan fingerprint density at radius 2 is 2.17 bits per heavy atom. The number of fused-ring (bicyclic) bond motifs is 2. The number of hydrogen-bond donors (Lipinski definition) is 4. The third kappa shape index (κ3) is 5.09. The van der Waals surface area contributed by atoms with Crippen LogP contribution in [0, 0.1) is 0 Å². The highest BCUT2D eigenvalue weighted by atomic mass is 32.1. The van der Waals surface area contributed by atoms with Crippen molar-refractivity contribution in [3.8, 4) is 0 Å². The topological polar surface area (TPSA) is 118 Å². The van der Waals surface area contributed by atoms with E-state index in [4.69, 9.17) is 14.9 Å². The summed E-state index contributed by atoms with van der Waals surface area (Å²) in [5, 5.41) is 20.4. The molecule has 5 rings (SSSR count). The van der Waals surface area contributed by atoms with Crippen LogP contribution in [0.4, 0.5) is 5.69 Å². The number of ether oxygens (including phenoxy) is 1. The molecule has 1 saturated heterocycles. The largest absolute Gasteiger partial charge is 0.379 e. The molecule has 0 saturated carbocycles. The summed E-state index contributed by atoms with van der Waals surface area (Å²) >= 11 is 1.81. The fourth-order valence-electron chi connectivity index (χ4n) is 4.74. The Kier molecular flexibility index (Phi) is 7.40. The standard InChI is InChI=1S/C24H31N7O3S/c1-30-23(17-5-4-6-19-18(17)15-26-28-19)27-20-13-16(14-25-8-3-2-7-21(32)29-33)35-22(20)24(30)31-9-11-34-12-10-31/h4-6,13,15,24-25,33H,2-3,7-12,14H2,1H3,(H,26,28)(H,29,32). The Hall–Kier alpha value is -2.83. The van der Waals surface area contributed by atoms with Gasteiger partial charge in [0.15, 0.2) is 0 Å². The lowest BCUT2D eigenvalue weighted by Gasteiger charge is -2.42. The maximum absolute atomic E-state index is 11.1. The van der Waals surface area contributed by atoms with Gasteiger partial charge in [0.2, 0.25) is 5.91 Å². The summed E-state index contributed by atoms with van der Waals surface area (Å²) in [7, 11) is 2.13. The van der Waals surface area contributed by atoms with Crippen LogP contribution in [0.25, 0.3) is 10.9 Å². The van der Waals surface area contributed by atoms with Gasteiger partial charge in [0, 0.05) is 48.9 Å². The number of carbonyl (C=O) groups excluding carboxylic acids is 1. The van der Waals surface area contributed by atoms with Gasteiger partial charge in [0.1, 0.15) is 12.0 Å². The summed E-state index contributed by atoms with van der Waals surface area (Å²) in [6, 6.07) is 8.38. The van der Waals surface area contributed by atoms with E-state index in [0.717, 1.165) is 80.2 Å². The monoisotopic (exact) mass is 497 g/mol. The number of rotatable bonds is 9. The first-order valence-corrected chi connectivity index (χ1v) is 12.8. The van der Waals surface area contributed by atoms with Gasteiger partial charge in [-0.2, -0.15) is 5.10 Å². The number of benzene rings is 1. The molecule has 1 fully saturated rings. The van der Waals surface area contributed by atoms with Crippen molar-refractivity contribution in [2.24, 2.45) is 4.99 Å². The first kappa shape index (κ1) is 23.9. The zero-order chi connectivity index (χ0) is 24.2. The maximum atomic E-state index is 11.1. The van der Waals surface area contributed by atoms with Crippen LogP contribution in [0.5, 0.6) is 0 Å². The Bertz CT molecular complexity index is 1200. The minimum absolute atomic E-state index is 0.0966. The number of carbonyl (C=O) groups is 1. The van der Waals surface area contributed by atoms with Crippen LogP contribution >= 0.6 is 11.3 Å². The van der Waals surface area contributed by atoms with Crippen LogP contribution in [0.1, 0.15) is 40.7 Å². The lowest BCUT2D eigenvalue weighted by atomic mass is 10.1. The van der Waals surface area contributed by atoms with E-state index in [1.807, 2.05) is 18.3 Å². The molecule has 1 amide bonds. The molecule has 11 heteroatoms. The molecule has 3 aromatic rings. The van der Waals surface area contributed by atoms with Gasteiger partial charge in [-0.15, -0.1) is 11.3 Å². The van der Waals surface area contributed by atoms with Gasteiger partial charge in [0.05, 0.1) is 35.5 Å². The van der Waals surface area contributed by atoms with Crippen LogP contribution < -0.4 is 10.8 Å². The van der Waals surface area contributed by atoms with E-state index in [1.165, 1.54) is 9.75 Å². The Labute approximate surface area is 207 Å². The smallest absolute Gasteiger partial charge is 0.243 e. The fraction of sp³-hybridized carbons (Fsp3) is 0.458. The molecule has 0 radical (unpaired) electrons. The Balaban J connectivity index is 1.38. The Morgan fingerprint density at radius 3 is 3.00 bits per heavy atom. The van der Waals surface area contributed by atoms with Crippen LogP contribution in [0.3, 0.4) is 0 Å². The fourth-order valence-corrected chi connectivity index (χ4v) is 5.99. The van der Waals surface area contributed by atoms with Crippen molar-refractivity contribution < 1.29 is 14.7 Å². The zero-order valence-electron chi connectivity index (χ0n) is 19.8. The van der Waals surface area contributed by atoms with E-state index < -0.39 is 0 Å². The van der Waals surface area contributed by atoms with Crippen LogP contribution in [0.2, 0.25) is 0 Å². The van der Waals surface area contributed by atoms with Crippen molar-refractivity contribution in [3.63, 3.8) is 0 Å². The first-order chi connectivity index (χ1) is 17.2. The highest BCUT2D eigenvalue weighted by Crippen LogP contribution is 2.43. The number of aromatic nitrogens is 2. The number of thiophene rings is 1. The number of morpholine rings is 1. The highest BCUT2D eigenvalue weighted by molar-refractivity contribution is 7.12. The number of amidine groups is 1. The second-order valence-corrected chi connectivity index (χ2v) is 10.0. The van der Waals surface area contributed by atoms with Gasteiger partial charge in [-0.1, -0.05) is 12.1 Å². The maximum Gasteiger partial charge on any atom is 0.243 e. The van der Waals surface area contributed by atoms with Crippen molar-refractivity contribution in [2.75, 3.05) is 39.9 Å². The van der Waals surface area contributed by atoms with E-state index in [0.29, 0.717) is 6.42 Å². The third-order valence-corrected chi connectivity index (χ3v) is 7.67. The molecule has 0 bridgehead atoms. The number of hydroxylamine groups is 1. The van der Waals surface area contributed by atoms with E-state index in [9.17, 15) is 4.79 Å². The number of hydrogen-bond acceptors (Lipinski definition) is 9. The number of nitrogens with one attached hydrogen (secondary N) is 3. The van der Waals surface area contributed by atoms with Gasteiger partial charge in [-0.3, -0.25) is 20.0 Å². The molecule has 1 aromatic carbocycles. The van der Waals surface area contributed by atoms with Gasteiger partial charge < -0.3 is 15.0 Å². The highest BCUT2D eigenvalue weighted by Gasteiger charge is 2.35. The van der Waals surface area contributed by atoms with E-state index >= 15 is 0 Å². The van der Waals surface area contributed by atoms with Gasteiger partial charge in [-0.25, -0.2) is 10.5 Å². The number of aliphatic imine (C=N–C) groups is 1. The molecule has 35 heavy (non-hydrogen) atoms. The molecule has 1 unspecified atom stereocenters. The molecule has 2 aromatic heterocycles. The molecule has 2 aliphatic heterocycles. The van der Waals surface area contributed by atoms with Gasteiger partial charge in [0.25, 0.3) is 0 Å². The summed E-state index contributed by atoms with van der Waals surface area (Å²) in [6.07, 6.45) is 3.90. The molecule has 4 N–H and O–H groups in total. The van der Waals surface area contributed by atoms with Crippen LogP contribution in [-0.4, -0.2) is 76.8 Å². The number of unbranched alkanes of at least 4 members (excludes halogenated alkanes) is 1. The molecule has 0 spiro atoms. The molecule has 10 nitrogen and oxygen atoms in total. The van der Waals surface area contributed by atoms with E-state index in [2.05, 4.69) is 44.5 Å². The molecule has 186 valence electrons. The van der Waals surface area contributed by atoms with Crippen molar-refractivity contribution >= 4 is 39.7 Å². The quantitative estimate of drug-likeness (QED) is 0.204. The predicted molar refractivity (Wildman–Crippen MR) is 135 cm³/mol. The van der Waals surface area contributed by atoms with Crippen molar-refractivity contribution in [1.29, 1.82) is 0 Å². The van der Waals surface area contributed by atoms with Crippen LogP contribution in [0.15, 0.2) is 35.5 Å². The minimum Gasteiger partial charge on any atom is -0.379 e. The molecule has 0 aliphatic carbocycles. The normalized spacial score (nSPS) is 18.5.